The fraction of sp³-hybridized carbons (Fsp3) is 0.625. The van der Waals surface area contributed by atoms with E-state index < -0.39 is 0 Å². The van der Waals surface area contributed by atoms with Crippen molar-refractivity contribution in [1.29, 1.82) is 0 Å². The Labute approximate surface area is 106 Å². The third kappa shape index (κ3) is 2.90. The van der Waals surface area contributed by atoms with Gasteiger partial charge in [-0.25, -0.2) is 0 Å². The molecule has 0 bridgehead atoms. The molecular weight excluding hydrogens is 206 g/mol. The van der Waals surface area contributed by atoms with Crippen LogP contribution in [0.4, 0.5) is 0 Å². The van der Waals surface area contributed by atoms with E-state index in [9.17, 15) is 0 Å². The van der Waals surface area contributed by atoms with E-state index in [4.69, 9.17) is 0 Å². The van der Waals surface area contributed by atoms with Crippen molar-refractivity contribution < 1.29 is 0 Å². The first-order valence-electron chi connectivity index (χ1n) is 6.67. The summed E-state index contributed by atoms with van der Waals surface area (Å²) in [6.45, 7) is 13.5. The van der Waals surface area contributed by atoms with Crippen molar-refractivity contribution in [3.63, 3.8) is 0 Å². The topological polar surface area (TPSA) is 12.0 Å². The van der Waals surface area contributed by atoms with Crippen molar-refractivity contribution in [3.05, 3.63) is 34.4 Å². The second kappa shape index (κ2) is 4.45. The van der Waals surface area contributed by atoms with Crippen LogP contribution in [0, 0.1) is 32.1 Å². The van der Waals surface area contributed by atoms with Crippen molar-refractivity contribution in [2.45, 2.75) is 47.6 Å². The van der Waals surface area contributed by atoms with Crippen LogP contribution in [0.2, 0.25) is 0 Å². The molecule has 0 aromatic heterocycles. The zero-order valence-electron chi connectivity index (χ0n) is 11.9. The first-order valence-corrected chi connectivity index (χ1v) is 6.67. The highest BCUT2D eigenvalue weighted by molar-refractivity contribution is 5.36. The van der Waals surface area contributed by atoms with Crippen LogP contribution in [0.25, 0.3) is 0 Å². The van der Waals surface area contributed by atoms with Crippen molar-refractivity contribution in [1.82, 2.24) is 5.32 Å². The van der Waals surface area contributed by atoms with Crippen molar-refractivity contribution >= 4 is 0 Å². The van der Waals surface area contributed by atoms with Gasteiger partial charge in [-0.15, -0.1) is 0 Å². The minimum Gasteiger partial charge on any atom is -0.312 e. The predicted octanol–water partition coefficient (Wildman–Crippen LogP) is 3.75. The maximum atomic E-state index is 3.61. The third-order valence-electron chi connectivity index (χ3n) is 4.38. The Bertz CT molecular complexity index is 418. The average Bonchev–Trinajstić information content (AvgIpc) is 2.82. The van der Waals surface area contributed by atoms with Gasteiger partial charge in [-0.3, -0.25) is 0 Å². The molecule has 1 fully saturated rings. The molecule has 0 heterocycles. The van der Waals surface area contributed by atoms with E-state index >= 15 is 0 Å². The van der Waals surface area contributed by atoms with E-state index in [1.54, 1.807) is 0 Å². The van der Waals surface area contributed by atoms with Crippen LogP contribution in [0.15, 0.2) is 12.1 Å². The highest BCUT2D eigenvalue weighted by Gasteiger charge is 2.44. The highest BCUT2D eigenvalue weighted by Crippen LogP contribution is 2.50. The zero-order valence-corrected chi connectivity index (χ0v) is 11.9. The van der Waals surface area contributed by atoms with Crippen LogP contribution < -0.4 is 5.32 Å². The number of hydrogen-bond acceptors (Lipinski definition) is 1. The number of rotatable bonds is 4. The molecule has 0 amide bonds. The Morgan fingerprint density at radius 3 is 2.29 bits per heavy atom. The molecule has 1 aliphatic rings. The number of hydrogen-bond donors (Lipinski definition) is 1. The monoisotopic (exact) mass is 231 g/mol. The minimum atomic E-state index is 0.589. The number of benzene rings is 1. The largest absolute Gasteiger partial charge is 0.312 e. The van der Waals surface area contributed by atoms with Gasteiger partial charge in [0.25, 0.3) is 0 Å². The Kier molecular flexibility index (Phi) is 3.31. The minimum absolute atomic E-state index is 0.589. The molecule has 94 valence electrons. The van der Waals surface area contributed by atoms with Crippen molar-refractivity contribution in [3.8, 4) is 0 Å². The van der Waals surface area contributed by atoms with E-state index in [2.05, 4.69) is 52.1 Å². The lowest BCUT2D eigenvalue weighted by atomic mass is 10.0. The molecule has 1 aromatic rings. The molecule has 2 rings (SSSR count). The fourth-order valence-electron chi connectivity index (χ4n) is 2.52. The second-order valence-electron chi connectivity index (χ2n) is 6.38. The van der Waals surface area contributed by atoms with E-state index in [1.165, 1.54) is 35.2 Å². The van der Waals surface area contributed by atoms with Gasteiger partial charge in [0.1, 0.15) is 0 Å². The SMILES string of the molecule is Cc1cc(C)c(CNCC2CC2(C)C)cc1C. The summed E-state index contributed by atoms with van der Waals surface area (Å²) in [4.78, 5) is 0. The summed E-state index contributed by atoms with van der Waals surface area (Å²) < 4.78 is 0. The van der Waals surface area contributed by atoms with Gasteiger partial charge in [-0.05, 0) is 67.3 Å². The number of aryl methyl sites for hydroxylation is 3. The zero-order chi connectivity index (χ0) is 12.6. The molecule has 1 nitrogen and oxygen atoms in total. The summed E-state index contributed by atoms with van der Waals surface area (Å²) in [5.74, 6) is 0.884. The van der Waals surface area contributed by atoms with Gasteiger partial charge in [-0.2, -0.15) is 0 Å². The lowest BCUT2D eigenvalue weighted by molar-refractivity contribution is 0.519. The summed E-state index contributed by atoms with van der Waals surface area (Å²) in [5.41, 5.74) is 6.25. The fourth-order valence-corrected chi connectivity index (χ4v) is 2.52. The van der Waals surface area contributed by atoms with Gasteiger partial charge in [0.15, 0.2) is 0 Å². The standard InChI is InChI=1S/C16H25N/c1-11-6-13(3)14(7-12(11)2)9-17-10-15-8-16(15,4)5/h6-7,15,17H,8-10H2,1-5H3. The maximum absolute atomic E-state index is 3.61. The molecule has 1 aliphatic carbocycles. The van der Waals surface area contributed by atoms with Gasteiger partial charge >= 0.3 is 0 Å². The molecule has 0 saturated heterocycles. The molecular formula is C16H25N. The van der Waals surface area contributed by atoms with Gasteiger partial charge in [0.05, 0.1) is 0 Å². The summed E-state index contributed by atoms with van der Waals surface area (Å²) in [7, 11) is 0. The second-order valence-corrected chi connectivity index (χ2v) is 6.38. The van der Waals surface area contributed by atoms with E-state index in [0.29, 0.717) is 5.41 Å². The molecule has 0 spiro atoms. The molecule has 0 aliphatic heterocycles. The Hall–Kier alpha value is -0.820. The van der Waals surface area contributed by atoms with Gasteiger partial charge in [-0.1, -0.05) is 26.0 Å². The van der Waals surface area contributed by atoms with Crippen molar-refractivity contribution in [2.75, 3.05) is 6.54 Å². The molecule has 0 radical (unpaired) electrons. The van der Waals surface area contributed by atoms with Gasteiger partial charge < -0.3 is 5.32 Å². The normalized spacial score (nSPS) is 21.6. The van der Waals surface area contributed by atoms with Gasteiger partial charge in [0.2, 0.25) is 0 Å². The maximum Gasteiger partial charge on any atom is 0.0208 e. The van der Waals surface area contributed by atoms with Crippen LogP contribution in [0.3, 0.4) is 0 Å². The molecule has 17 heavy (non-hydrogen) atoms. The molecule has 1 N–H and O–H groups in total. The molecule has 1 aromatic carbocycles. The van der Waals surface area contributed by atoms with Crippen LogP contribution in [-0.4, -0.2) is 6.54 Å². The van der Waals surface area contributed by atoms with Gasteiger partial charge in [0, 0.05) is 6.54 Å². The first-order chi connectivity index (χ1) is 7.90. The Morgan fingerprint density at radius 2 is 1.71 bits per heavy atom. The third-order valence-corrected chi connectivity index (χ3v) is 4.38. The summed E-state index contributed by atoms with van der Waals surface area (Å²) in [5, 5.41) is 3.61. The van der Waals surface area contributed by atoms with E-state index in [-0.39, 0.29) is 0 Å². The van der Waals surface area contributed by atoms with Crippen LogP contribution in [-0.2, 0) is 6.54 Å². The van der Waals surface area contributed by atoms with Crippen LogP contribution >= 0.6 is 0 Å². The molecule has 1 heteroatoms. The van der Waals surface area contributed by atoms with E-state index in [0.717, 1.165) is 12.5 Å². The first kappa shape index (κ1) is 12.6. The average molecular weight is 231 g/mol. The molecule has 1 saturated carbocycles. The molecule has 1 unspecified atom stereocenters. The highest BCUT2D eigenvalue weighted by atomic mass is 14.9. The smallest absolute Gasteiger partial charge is 0.0208 e. The predicted molar refractivity (Wildman–Crippen MR) is 74.2 cm³/mol. The van der Waals surface area contributed by atoms with Crippen LogP contribution in [0.1, 0.15) is 42.5 Å². The lowest BCUT2D eigenvalue weighted by Crippen LogP contribution is -2.18. The Balaban J connectivity index is 1.89. The Morgan fingerprint density at radius 1 is 1.12 bits per heavy atom. The summed E-state index contributed by atoms with van der Waals surface area (Å²) in [6.07, 6.45) is 1.38. The summed E-state index contributed by atoms with van der Waals surface area (Å²) >= 11 is 0. The van der Waals surface area contributed by atoms with Crippen molar-refractivity contribution in [2.24, 2.45) is 11.3 Å². The molecule has 1 atom stereocenters. The number of nitrogens with one attached hydrogen (secondary N) is 1. The van der Waals surface area contributed by atoms with Crippen LogP contribution in [0.5, 0.6) is 0 Å². The quantitative estimate of drug-likeness (QED) is 0.832. The van der Waals surface area contributed by atoms with E-state index in [1.807, 2.05) is 0 Å². The summed E-state index contributed by atoms with van der Waals surface area (Å²) in [6, 6.07) is 4.63. The lowest BCUT2D eigenvalue weighted by Gasteiger charge is -2.11.